The van der Waals surface area contributed by atoms with E-state index in [9.17, 15) is 0 Å². The molecule has 0 bridgehead atoms. The second-order valence-electron chi connectivity index (χ2n) is 5.16. The first-order valence-electron chi connectivity index (χ1n) is 7.29. The fourth-order valence-corrected chi connectivity index (χ4v) is 2.31. The van der Waals surface area contributed by atoms with Crippen LogP contribution in [0.4, 0.5) is 0 Å². The molecule has 4 heteroatoms. The second kappa shape index (κ2) is 9.44. The Kier molecular flexibility index (Phi) is 8.16. The summed E-state index contributed by atoms with van der Waals surface area (Å²) in [6, 6.07) is 0. The van der Waals surface area contributed by atoms with E-state index in [1.165, 1.54) is 51.7 Å². The van der Waals surface area contributed by atoms with Gasteiger partial charge in [0.25, 0.3) is 0 Å². The number of hydrogen-bond donors (Lipinski definition) is 2. The third-order valence-electron chi connectivity index (χ3n) is 3.45. The fourth-order valence-electron chi connectivity index (χ4n) is 2.31. The van der Waals surface area contributed by atoms with Gasteiger partial charge < -0.3 is 14.9 Å². The van der Waals surface area contributed by atoms with E-state index in [2.05, 4.69) is 16.7 Å². The molecule has 0 saturated carbocycles. The van der Waals surface area contributed by atoms with E-state index in [4.69, 9.17) is 10.0 Å². The van der Waals surface area contributed by atoms with Crippen molar-refractivity contribution in [2.24, 2.45) is 5.92 Å². The van der Waals surface area contributed by atoms with E-state index in [-0.39, 0.29) is 0 Å². The first kappa shape index (κ1) is 15.6. The van der Waals surface area contributed by atoms with Crippen molar-refractivity contribution in [3.8, 4) is 11.8 Å². The lowest BCUT2D eigenvalue weighted by Crippen LogP contribution is -2.25. The molecule has 0 unspecified atom stereocenters. The van der Waals surface area contributed by atoms with Crippen molar-refractivity contribution in [3.63, 3.8) is 0 Å². The summed E-state index contributed by atoms with van der Waals surface area (Å²) < 4.78 is 0. The van der Waals surface area contributed by atoms with Gasteiger partial charge in [-0.05, 0) is 45.1 Å². The highest BCUT2D eigenvalue weighted by Crippen LogP contribution is 2.16. The van der Waals surface area contributed by atoms with Crippen LogP contribution in [0, 0.1) is 17.8 Å². The van der Waals surface area contributed by atoms with Gasteiger partial charge in [0, 0.05) is 18.9 Å². The van der Waals surface area contributed by atoms with E-state index in [1.807, 2.05) is 0 Å². The van der Waals surface area contributed by atoms with Gasteiger partial charge >= 0.3 is 7.12 Å². The molecule has 0 amide bonds. The van der Waals surface area contributed by atoms with Crippen molar-refractivity contribution in [2.45, 2.75) is 51.8 Å². The van der Waals surface area contributed by atoms with Gasteiger partial charge in [0.05, 0.1) is 0 Å². The standard InChI is InChI=1S/C12H19N.C2H7BO2/c1-2-4-8-12(7-3-1)11-13-9-5-6-10-13;1-2-3(4)5/h12H,1-3,5-7,9-11H2;4-5H,2H2,1H3/t12-;/m1./s1. The Morgan fingerprint density at radius 2 is 1.83 bits per heavy atom. The smallest absolute Gasteiger partial charge is 0.427 e. The summed E-state index contributed by atoms with van der Waals surface area (Å²) in [5.74, 6) is 7.39. The maximum absolute atomic E-state index is 7.92. The molecule has 0 aromatic carbocycles. The largest absolute Gasteiger partial charge is 0.451 e. The highest BCUT2D eigenvalue weighted by molar-refractivity contribution is 6.40. The van der Waals surface area contributed by atoms with E-state index in [1.54, 1.807) is 6.92 Å². The average Bonchev–Trinajstić information content (AvgIpc) is 2.73. The zero-order valence-corrected chi connectivity index (χ0v) is 11.6. The minimum atomic E-state index is -1.12. The third-order valence-corrected chi connectivity index (χ3v) is 3.45. The molecule has 18 heavy (non-hydrogen) atoms. The molecule has 0 spiro atoms. The Morgan fingerprint density at radius 3 is 2.44 bits per heavy atom. The van der Waals surface area contributed by atoms with E-state index >= 15 is 0 Å². The minimum absolute atomic E-state index is 0.417. The topological polar surface area (TPSA) is 43.7 Å². The number of likely N-dealkylation sites (tertiary alicyclic amines) is 1. The van der Waals surface area contributed by atoms with Crippen LogP contribution in [0.2, 0.25) is 6.32 Å². The van der Waals surface area contributed by atoms with Crippen molar-refractivity contribution in [2.75, 3.05) is 19.6 Å². The highest BCUT2D eigenvalue weighted by Gasteiger charge is 2.16. The molecular formula is C14H26BNO2. The Hall–Kier alpha value is -0.495. The lowest BCUT2D eigenvalue weighted by Gasteiger charge is -2.18. The molecule has 0 radical (unpaired) electrons. The summed E-state index contributed by atoms with van der Waals surface area (Å²) in [7, 11) is -1.12. The molecule has 2 rings (SSSR count). The molecule has 1 fully saturated rings. The van der Waals surface area contributed by atoms with Crippen LogP contribution in [-0.2, 0) is 0 Å². The number of rotatable bonds is 3. The molecule has 1 heterocycles. The minimum Gasteiger partial charge on any atom is -0.427 e. The molecule has 1 aliphatic carbocycles. The van der Waals surface area contributed by atoms with Crippen molar-refractivity contribution in [3.05, 3.63) is 0 Å². The van der Waals surface area contributed by atoms with Gasteiger partial charge in [-0.25, -0.2) is 0 Å². The predicted molar refractivity (Wildman–Crippen MR) is 76.1 cm³/mol. The predicted octanol–water partition coefficient (Wildman–Crippen LogP) is 1.75. The van der Waals surface area contributed by atoms with Crippen molar-refractivity contribution >= 4 is 7.12 Å². The van der Waals surface area contributed by atoms with Gasteiger partial charge in [0.1, 0.15) is 0 Å². The summed E-state index contributed by atoms with van der Waals surface area (Å²) in [5.41, 5.74) is 0. The summed E-state index contributed by atoms with van der Waals surface area (Å²) in [4.78, 5) is 2.59. The maximum Gasteiger partial charge on any atom is 0.451 e. The van der Waals surface area contributed by atoms with Gasteiger partial charge in [-0.1, -0.05) is 19.3 Å². The molecular weight excluding hydrogens is 225 g/mol. The van der Waals surface area contributed by atoms with Gasteiger partial charge in [-0.15, -0.1) is 5.92 Å². The van der Waals surface area contributed by atoms with Crippen LogP contribution in [-0.4, -0.2) is 41.7 Å². The highest BCUT2D eigenvalue weighted by atomic mass is 16.4. The lowest BCUT2D eigenvalue weighted by atomic mass is 9.88. The zero-order chi connectivity index (χ0) is 13.2. The van der Waals surface area contributed by atoms with Crippen LogP contribution >= 0.6 is 0 Å². The van der Waals surface area contributed by atoms with Crippen LogP contribution in [0.15, 0.2) is 0 Å². The van der Waals surface area contributed by atoms with E-state index in [0.717, 1.165) is 6.42 Å². The number of hydrogen-bond acceptors (Lipinski definition) is 3. The molecule has 2 aliphatic rings. The van der Waals surface area contributed by atoms with Crippen molar-refractivity contribution in [1.82, 2.24) is 4.90 Å². The molecule has 0 aromatic rings. The van der Waals surface area contributed by atoms with Gasteiger partial charge in [-0.3, -0.25) is 0 Å². The molecule has 2 N–H and O–H groups in total. The summed E-state index contributed by atoms with van der Waals surface area (Å²) in [5, 5.41) is 15.8. The van der Waals surface area contributed by atoms with Crippen LogP contribution in [0.5, 0.6) is 0 Å². The van der Waals surface area contributed by atoms with Crippen LogP contribution < -0.4 is 0 Å². The van der Waals surface area contributed by atoms with Crippen molar-refractivity contribution < 1.29 is 10.0 Å². The second-order valence-corrected chi connectivity index (χ2v) is 5.16. The van der Waals surface area contributed by atoms with Gasteiger partial charge in [0.2, 0.25) is 0 Å². The quantitative estimate of drug-likeness (QED) is 0.593. The van der Waals surface area contributed by atoms with Crippen LogP contribution in [0.1, 0.15) is 45.4 Å². The first-order chi connectivity index (χ1) is 8.72. The molecule has 1 saturated heterocycles. The number of nitrogens with zero attached hydrogens (tertiary/aromatic N) is 1. The van der Waals surface area contributed by atoms with Crippen molar-refractivity contribution in [1.29, 1.82) is 0 Å². The van der Waals surface area contributed by atoms with Gasteiger partial charge in [0.15, 0.2) is 0 Å². The zero-order valence-electron chi connectivity index (χ0n) is 11.6. The first-order valence-corrected chi connectivity index (χ1v) is 7.29. The summed E-state index contributed by atoms with van der Waals surface area (Å²) in [6.07, 6.45) is 8.39. The van der Waals surface area contributed by atoms with Gasteiger partial charge in [-0.2, -0.15) is 0 Å². The lowest BCUT2D eigenvalue weighted by molar-refractivity contribution is 0.298. The van der Waals surface area contributed by atoms with Crippen LogP contribution in [0.25, 0.3) is 0 Å². The van der Waals surface area contributed by atoms with E-state index < -0.39 is 7.12 Å². The third kappa shape index (κ3) is 7.05. The Bertz CT molecular complexity index is 267. The molecule has 102 valence electrons. The fraction of sp³-hybridized carbons (Fsp3) is 0.857. The molecule has 0 aromatic heterocycles. The Labute approximate surface area is 112 Å². The van der Waals surface area contributed by atoms with Crippen LogP contribution in [0.3, 0.4) is 0 Å². The average molecular weight is 251 g/mol. The Balaban J connectivity index is 0.000000280. The maximum atomic E-state index is 7.92. The van der Waals surface area contributed by atoms with E-state index in [0.29, 0.717) is 12.2 Å². The Morgan fingerprint density at radius 1 is 1.17 bits per heavy atom. The summed E-state index contributed by atoms with van der Waals surface area (Å²) in [6.45, 7) is 5.58. The molecule has 1 atom stereocenters. The molecule has 1 aliphatic heterocycles. The monoisotopic (exact) mass is 251 g/mol. The summed E-state index contributed by atoms with van der Waals surface area (Å²) >= 11 is 0. The SMILES string of the molecule is C1#C[C@H](CN2CCCC2)CCCC1.CCB(O)O. The molecule has 3 nitrogen and oxygen atoms in total. The normalized spacial score (nSPS) is 23.4.